The van der Waals surface area contributed by atoms with E-state index in [1.54, 1.807) is 6.08 Å². The predicted molar refractivity (Wildman–Crippen MR) is 61.6 cm³/mol. The molecule has 0 aromatic heterocycles. The first-order valence-corrected chi connectivity index (χ1v) is 5.74. The number of ether oxygens (including phenoxy) is 1. The number of carbonyl (C=O) groups excluding carboxylic acids is 2. The number of hydrogen-bond acceptors (Lipinski definition) is 3. The molecule has 0 amide bonds. The van der Waals surface area contributed by atoms with Crippen LogP contribution in [0.25, 0.3) is 0 Å². The molecule has 0 aromatic rings. The van der Waals surface area contributed by atoms with E-state index in [2.05, 4.69) is 23.8 Å². The van der Waals surface area contributed by atoms with Crippen molar-refractivity contribution in [3.63, 3.8) is 0 Å². The van der Waals surface area contributed by atoms with E-state index in [9.17, 15) is 9.59 Å². The highest BCUT2D eigenvalue weighted by atomic mass is 16.6. The standard InChI is InChI=1S/C8H8O3.C5H10/c9-7-5-3-1-2-4-6(5)8(10)11-7;1-3-5-4-2/h1,3,5-6H,2,4H2;3,5H,4H2,1-2H3. The first-order valence-electron chi connectivity index (χ1n) is 5.74. The van der Waals surface area contributed by atoms with Gasteiger partial charge in [-0.05, 0) is 26.2 Å². The molecule has 3 heteroatoms. The minimum Gasteiger partial charge on any atom is -0.392 e. The van der Waals surface area contributed by atoms with Crippen LogP contribution in [0.4, 0.5) is 0 Å². The second kappa shape index (κ2) is 6.26. The van der Waals surface area contributed by atoms with Crippen molar-refractivity contribution in [1.29, 1.82) is 0 Å². The van der Waals surface area contributed by atoms with Crippen LogP contribution in [0.15, 0.2) is 24.3 Å². The molecule has 2 rings (SSSR count). The fourth-order valence-electron chi connectivity index (χ4n) is 1.82. The van der Waals surface area contributed by atoms with Crippen LogP contribution < -0.4 is 0 Å². The Morgan fingerprint density at radius 1 is 1.44 bits per heavy atom. The molecule has 3 nitrogen and oxygen atoms in total. The lowest BCUT2D eigenvalue weighted by atomic mass is 9.86. The molecule has 2 aliphatic rings. The molecule has 0 saturated carbocycles. The number of rotatable bonds is 1. The van der Waals surface area contributed by atoms with E-state index in [1.807, 2.05) is 13.0 Å². The van der Waals surface area contributed by atoms with Crippen LogP contribution in [-0.4, -0.2) is 11.9 Å². The smallest absolute Gasteiger partial charge is 0.321 e. The lowest BCUT2D eigenvalue weighted by Gasteiger charge is -2.12. The molecule has 16 heavy (non-hydrogen) atoms. The molecule has 0 spiro atoms. The van der Waals surface area contributed by atoms with Crippen LogP contribution in [0.1, 0.15) is 33.1 Å². The molecule has 88 valence electrons. The Hall–Kier alpha value is -1.38. The van der Waals surface area contributed by atoms with Crippen molar-refractivity contribution in [2.75, 3.05) is 0 Å². The highest BCUT2D eigenvalue weighted by Gasteiger charge is 2.43. The van der Waals surface area contributed by atoms with E-state index in [0.717, 1.165) is 19.3 Å². The van der Waals surface area contributed by atoms with Gasteiger partial charge in [0.1, 0.15) is 0 Å². The van der Waals surface area contributed by atoms with E-state index in [0.29, 0.717) is 0 Å². The molecule has 0 N–H and O–H groups in total. The Morgan fingerprint density at radius 2 is 2.19 bits per heavy atom. The third kappa shape index (κ3) is 3.05. The number of carbonyl (C=O) groups is 2. The summed E-state index contributed by atoms with van der Waals surface area (Å²) in [6.07, 6.45) is 10.7. The van der Waals surface area contributed by atoms with Crippen molar-refractivity contribution in [1.82, 2.24) is 0 Å². The van der Waals surface area contributed by atoms with Crippen molar-refractivity contribution in [3.05, 3.63) is 24.3 Å². The summed E-state index contributed by atoms with van der Waals surface area (Å²) >= 11 is 0. The largest absolute Gasteiger partial charge is 0.392 e. The Bertz CT molecular complexity index is 315. The average molecular weight is 222 g/mol. The maximum Gasteiger partial charge on any atom is 0.321 e. The van der Waals surface area contributed by atoms with E-state index in [4.69, 9.17) is 0 Å². The van der Waals surface area contributed by atoms with E-state index in [-0.39, 0.29) is 23.8 Å². The summed E-state index contributed by atoms with van der Waals surface area (Å²) in [4.78, 5) is 21.9. The van der Waals surface area contributed by atoms with Gasteiger partial charge in [0, 0.05) is 0 Å². The average Bonchev–Trinajstić information content (AvgIpc) is 2.58. The molecule has 2 unspecified atom stereocenters. The number of allylic oxidation sites excluding steroid dienone is 3. The zero-order valence-electron chi connectivity index (χ0n) is 9.81. The van der Waals surface area contributed by atoms with Crippen LogP contribution in [0.2, 0.25) is 0 Å². The lowest BCUT2D eigenvalue weighted by molar-refractivity contribution is -0.153. The maximum atomic E-state index is 10.9. The van der Waals surface area contributed by atoms with Crippen LogP contribution in [0, 0.1) is 11.8 Å². The molecule has 0 aromatic carbocycles. The molecule has 1 heterocycles. The number of fused-ring (bicyclic) bond motifs is 1. The summed E-state index contributed by atoms with van der Waals surface area (Å²) in [7, 11) is 0. The first-order chi connectivity index (χ1) is 7.70. The third-order valence-electron chi connectivity index (χ3n) is 2.67. The Kier molecular flexibility index (Phi) is 4.96. The van der Waals surface area contributed by atoms with Crippen LogP contribution >= 0.6 is 0 Å². The molecule has 1 aliphatic heterocycles. The fourth-order valence-corrected chi connectivity index (χ4v) is 1.82. The zero-order valence-corrected chi connectivity index (χ0v) is 9.81. The van der Waals surface area contributed by atoms with Gasteiger partial charge in [0.15, 0.2) is 0 Å². The summed E-state index contributed by atoms with van der Waals surface area (Å²) in [5.74, 6) is -1.19. The molecular formula is C13H18O3. The van der Waals surface area contributed by atoms with Gasteiger partial charge in [-0.15, -0.1) is 0 Å². The normalized spacial score (nSPS) is 27.4. The maximum absolute atomic E-state index is 10.9. The second-order valence-electron chi connectivity index (χ2n) is 3.86. The van der Waals surface area contributed by atoms with Gasteiger partial charge in [0.2, 0.25) is 0 Å². The molecular weight excluding hydrogens is 204 g/mol. The van der Waals surface area contributed by atoms with Gasteiger partial charge in [0.25, 0.3) is 0 Å². The molecule has 1 fully saturated rings. The molecule has 0 bridgehead atoms. The van der Waals surface area contributed by atoms with Gasteiger partial charge in [-0.3, -0.25) is 9.59 Å². The van der Waals surface area contributed by atoms with Crippen LogP contribution in [-0.2, 0) is 14.3 Å². The zero-order chi connectivity index (χ0) is 12.0. The molecule has 1 saturated heterocycles. The molecule has 0 radical (unpaired) electrons. The Balaban J connectivity index is 0.000000221. The van der Waals surface area contributed by atoms with Gasteiger partial charge in [-0.2, -0.15) is 0 Å². The van der Waals surface area contributed by atoms with Crippen LogP contribution in [0.5, 0.6) is 0 Å². The van der Waals surface area contributed by atoms with E-state index in [1.165, 1.54) is 0 Å². The topological polar surface area (TPSA) is 43.4 Å². The van der Waals surface area contributed by atoms with Gasteiger partial charge in [0.05, 0.1) is 11.8 Å². The SMILES string of the molecule is CC=CCC.O=C1OC(=O)C2CCC=CC12. The summed E-state index contributed by atoms with van der Waals surface area (Å²) in [6, 6.07) is 0. The van der Waals surface area contributed by atoms with Crippen molar-refractivity contribution < 1.29 is 14.3 Å². The third-order valence-corrected chi connectivity index (χ3v) is 2.67. The Morgan fingerprint density at radius 3 is 2.69 bits per heavy atom. The van der Waals surface area contributed by atoms with Crippen molar-refractivity contribution in [3.8, 4) is 0 Å². The predicted octanol–water partition coefficient (Wildman–Crippen LogP) is 2.62. The Labute approximate surface area is 96.2 Å². The monoisotopic (exact) mass is 222 g/mol. The summed E-state index contributed by atoms with van der Waals surface area (Å²) < 4.78 is 4.48. The highest BCUT2D eigenvalue weighted by molar-refractivity contribution is 5.97. The van der Waals surface area contributed by atoms with Gasteiger partial charge in [-0.25, -0.2) is 0 Å². The lowest BCUT2D eigenvalue weighted by Crippen LogP contribution is -2.17. The van der Waals surface area contributed by atoms with Crippen molar-refractivity contribution in [2.45, 2.75) is 33.1 Å². The summed E-state index contributed by atoms with van der Waals surface area (Å²) in [5.41, 5.74) is 0. The molecule has 1 aliphatic carbocycles. The van der Waals surface area contributed by atoms with E-state index < -0.39 is 0 Å². The number of hydrogen-bond donors (Lipinski definition) is 0. The van der Waals surface area contributed by atoms with Crippen molar-refractivity contribution >= 4 is 11.9 Å². The summed E-state index contributed by atoms with van der Waals surface area (Å²) in [6.45, 7) is 4.16. The van der Waals surface area contributed by atoms with Crippen LogP contribution in [0.3, 0.4) is 0 Å². The van der Waals surface area contributed by atoms with Crippen molar-refractivity contribution in [2.24, 2.45) is 11.8 Å². The quantitative estimate of drug-likeness (QED) is 0.389. The van der Waals surface area contributed by atoms with Gasteiger partial charge >= 0.3 is 11.9 Å². The minimum absolute atomic E-state index is 0.188. The van der Waals surface area contributed by atoms with E-state index >= 15 is 0 Å². The molecule has 2 atom stereocenters. The number of cyclic esters (lactones) is 2. The first kappa shape index (κ1) is 12.7. The summed E-state index contributed by atoms with van der Waals surface area (Å²) in [5, 5.41) is 0. The minimum atomic E-state index is -0.379. The van der Waals surface area contributed by atoms with Gasteiger partial charge in [-0.1, -0.05) is 31.2 Å². The number of esters is 2. The fraction of sp³-hybridized carbons (Fsp3) is 0.538. The second-order valence-corrected chi connectivity index (χ2v) is 3.86. The highest BCUT2D eigenvalue weighted by Crippen LogP contribution is 2.32. The van der Waals surface area contributed by atoms with Gasteiger partial charge < -0.3 is 4.74 Å².